The van der Waals surface area contributed by atoms with Gasteiger partial charge in [-0.3, -0.25) is 4.90 Å². The molecule has 1 N–H and O–H groups in total. The third-order valence-corrected chi connectivity index (χ3v) is 8.87. The Hall–Kier alpha value is -3.21. The van der Waals surface area contributed by atoms with Gasteiger partial charge in [0, 0.05) is 67.5 Å². The molecule has 3 unspecified atom stereocenters. The van der Waals surface area contributed by atoms with Crippen LogP contribution in [0.1, 0.15) is 43.3 Å². The number of fused-ring (bicyclic) bond motifs is 2. The third kappa shape index (κ3) is 4.61. The van der Waals surface area contributed by atoms with Gasteiger partial charge in [0.2, 0.25) is 0 Å². The second kappa shape index (κ2) is 10.0. The summed E-state index contributed by atoms with van der Waals surface area (Å²) in [5, 5.41) is 3.15. The number of dihydropyridines is 1. The fourth-order valence-electron chi connectivity index (χ4n) is 6.54. The zero-order chi connectivity index (χ0) is 28.3. The summed E-state index contributed by atoms with van der Waals surface area (Å²) in [5.41, 5.74) is 2.87. The van der Waals surface area contributed by atoms with Crippen LogP contribution in [-0.4, -0.2) is 82.3 Å². The number of hydrogen-bond donors (Lipinski definition) is 1. The number of nitrogens with one attached hydrogen (secondary N) is 1. The highest BCUT2D eigenvalue weighted by Crippen LogP contribution is 2.35. The summed E-state index contributed by atoms with van der Waals surface area (Å²) in [5.74, 6) is 1.25. The molecule has 3 aliphatic heterocycles. The molecule has 2 aromatic heterocycles. The van der Waals surface area contributed by atoms with E-state index in [0.717, 1.165) is 36.9 Å². The van der Waals surface area contributed by atoms with E-state index in [4.69, 9.17) is 9.97 Å². The molecular formula is C30H39F2N8+. The fraction of sp³-hybridized carbons (Fsp3) is 0.500. The molecular weight excluding hydrogens is 510 g/mol. The number of likely N-dealkylation sites (N-methyl/N-ethyl adjacent to an activating group) is 2. The minimum absolute atomic E-state index is 0.0945. The lowest BCUT2D eigenvalue weighted by molar-refractivity contribution is -0.0433. The van der Waals surface area contributed by atoms with Crippen molar-refractivity contribution in [1.82, 2.24) is 39.1 Å². The Bertz CT molecular complexity index is 1490. The highest BCUT2D eigenvalue weighted by atomic mass is 19.1. The molecule has 2 fully saturated rings. The van der Waals surface area contributed by atoms with Gasteiger partial charge in [-0.1, -0.05) is 0 Å². The van der Waals surface area contributed by atoms with Crippen molar-refractivity contribution in [3.63, 3.8) is 0 Å². The second-order valence-electron chi connectivity index (χ2n) is 12.4. The van der Waals surface area contributed by atoms with E-state index in [9.17, 15) is 0 Å². The van der Waals surface area contributed by atoms with Gasteiger partial charge < -0.3 is 14.8 Å². The minimum Gasteiger partial charge on any atom is -0.336 e. The van der Waals surface area contributed by atoms with E-state index in [1.807, 2.05) is 57.9 Å². The van der Waals surface area contributed by atoms with Crippen LogP contribution in [0.3, 0.4) is 0 Å². The minimum atomic E-state index is -0.458. The monoisotopic (exact) mass is 549 g/mol. The number of aryl methyl sites for hydroxylation is 1. The van der Waals surface area contributed by atoms with Crippen molar-refractivity contribution >= 4 is 22.6 Å². The van der Waals surface area contributed by atoms with Crippen LogP contribution in [-0.2, 0) is 6.54 Å². The number of nitrogens with zero attached hydrogens (tertiary/aromatic N) is 7. The van der Waals surface area contributed by atoms with Crippen LogP contribution < -0.4 is 9.80 Å². The Balaban J connectivity index is 1.24. The molecule has 2 saturated heterocycles. The van der Waals surface area contributed by atoms with Crippen LogP contribution in [0.2, 0.25) is 0 Å². The van der Waals surface area contributed by atoms with Crippen LogP contribution in [0.15, 0.2) is 42.6 Å². The molecule has 1 aromatic carbocycles. The van der Waals surface area contributed by atoms with Gasteiger partial charge in [0.25, 0.3) is 0 Å². The van der Waals surface area contributed by atoms with Crippen molar-refractivity contribution in [3.8, 4) is 0 Å². The Labute approximate surface area is 234 Å². The number of allylic oxidation sites excluding steroid dienone is 2. The van der Waals surface area contributed by atoms with Crippen LogP contribution in [0.5, 0.6) is 0 Å². The Morgan fingerprint density at radius 3 is 2.60 bits per heavy atom. The fourth-order valence-corrected chi connectivity index (χ4v) is 6.54. The van der Waals surface area contributed by atoms with Gasteiger partial charge in [-0.25, -0.2) is 18.2 Å². The molecule has 0 bridgehead atoms. The number of benzene rings is 1. The molecule has 0 aliphatic carbocycles. The molecule has 0 amide bonds. The summed E-state index contributed by atoms with van der Waals surface area (Å²) in [6, 6.07) is 3.92. The molecule has 8 nitrogen and oxygen atoms in total. The molecule has 40 heavy (non-hydrogen) atoms. The number of piperidine rings is 1. The molecule has 0 saturated carbocycles. The first-order valence-corrected chi connectivity index (χ1v) is 14.1. The number of halogens is 2. The smallest absolute Gasteiger partial charge is 0.330 e. The van der Waals surface area contributed by atoms with Gasteiger partial charge >= 0.3 is 5.95 Å². The number of likely N-dealkylation sites (tertiary alicyclic amines) is 2. The Kier molecular flexibility index (Phi) is 6.75. The second-order valence-corrected chi connectivity index (χ2v) is 12.4. The van der Waals surface area contributed by atoms with Crippen LogP contribution in [0.4, 0.5) is 14.7 Å². The van der Waals surface area contributed by atoms with E-state index < -0.39 is 11.6 Å². The van der Waals surface area contributed by atoms with Gasteiger partial charge in [0.05, 0.1) is 19.6 Å². The SMILES string of the molecule is Cc1nc2c(F)cc(C3=CC([N+](C)(C)c4ncc(CN5CC6CCN(C)CC65)cn4)NC=C3F)cc2n1C(C)C. The number of aromatic nitrogens is 4. The molecule has 3 aromatic rings. The van der Waals surface area contributed by atoms with E-state index in [1.165, 1.54) is 25.2 Å². The van der Waals surface area contributed by atoms with Crippen LogP contribution in [0.25, 0.3) is 16.6 Å². The largest absolute Gasteiger partial charge is 0.336 e. The van der Waals surface area contributed by atoms with Crippen molar-refractivity contribution < 1.29 is 8.78 Å². The van der Waals surface area contributed by atoms with Crippen molar-refractivity contribution in [2.24, 2.45) is 5.92 Å². The Morgan fingerprint density at radius 1 is 1.12 bits per heavy atom. The molecule has 0 radical (unpaired) electrons. The van der Waals surface area contributed by atoms with E-state index in [2.05, 4.69) is 27.1 Å². The van der Waals surface area contributed by atoms with Crippen LogP contribution in [0, 0.1) is 18.7 Å². The molecule has 212 valence electrons. The predicted octanol–water partition coefficient (Wildman–Crippen LogP) is 4.38. The van der Waals surface area contributed by atoms with Crippen LogP contribution >= 0.6 is 0 Å². The summed E-state index contributed by atoms with van der Waals surface area (Å²) in [4.78, 5) is 18.8. The van der Waals surface area contributed by atoms with Crippen molar-refractivity contribution in [2.45, 2.75) is 52.0 Å². The maximum atomic E-state index is 15.2. The number of hydrogen-bond acceptors (Lipinski definition) is 6. The zero-order valence-electron chi connectivity index (χ0n) is 24.2. The molecule has 3 atom stereocenters. The quantitative estimate of drug-likeness (QED) is 0.461. The van der Waals surface area contributed by atoms with E-state index in [1.54, 1.807) is 6.08 Å². The number of quaternary nitrogens is 1. The maximum Gasteiger partial charge on any atom is 0.330 e. The lowest BCUT2D eigenvalue weighted by atomic mass is 9.82. The molecule has 5 heterocycles. The molecule has 0 spiro atoms. The summed E-state index contributed by atoms with van der Waals surface area (Å²) >= 11 is 0. The summed E-state index contributed by atoms with van der Waals surface area (Å²) in [6.07, 6.45) is 7.89. The standard InChI is InChI=1S/C30H39F2N8/c1-18(2)39-19(3)36-29-24(31)9-22(10-26(29)39)23-11-28(33-14-25(23)32)40(5,6)30-34-12-20(13-35-30)15-38-16-21-7-8-37(4)17-27(21)38/h9-14,18,21,27-28,33H,7-8,15-17H2,1-6H3/q+1. The van der Waals surface area contributed by atoms with Gasteiger partial charge in [0.1, 0.15) is 17.2 Å². The van der Waals surface area contributed by atoms with Crippen molar-refractivity contribution in [3.05, 3.63) is 65.4 Å². The number of rotatable bonds is 6. The van der Waals surface area contributed by atoms with E-state index in [-0.39, 0.29) is 16.7 Å². The normalized spacial score (nSPS) is 24.0. The highest BCUT2D eigenvalue weighted by Gasteiger charge is 2.41. The van der Waals surface area contributed by atoms with Gasteiger partial charge in [-0.2, -0.15) is 9.97 Å². The number of imidazole rings is 1. The average Bonchev–Trinajstić information content (AvgIpc) is 3.25. The molecule has 6 rings (SSSR count). The lowest BCUT2D eigenvalue weighted by Gasteiger charge is -2.53. The summed E-state index contributed by atoms with van der Waals surface area (Å²) < 4.78 is 32.6. The first-order valence-electron chi connectivity index (χ1n) is 14.1. The summed E-state index contributed by atoms with van der Waals surface area (Å²) in [7, 11) is 6.16. The first kappa shape index (κ1) is 27.0. The molecule has 3 aliphatic rings. The maximum absolute atomic E-state index is 15.2. The first-order chi connectivity index (χ1) is 19.0. The zero-order valence-corrected chi connectivity index (χ0v) is 24.2. The highest BCUT2D eigenvalue weighted by molar-refractivity contribution is 5.86. The van der Waals surface area contributed by atoms with E-state index in [0.29, 0.717) is 34.2 Å². The van der Waals surface area contributed by atoms with Gasteiger partial charge in [-0.05, 0) is 64.4 Å². The van der Waals surface area contributed by atoms with Crippen molar-refractivity contribution in [1.29, 1.82) is 0 Å². The third-order valence-electron chi connectivity index (χ3n) is 8.87. The van der Waals surface area contributed by atoms with Crippen molar-refractivity contribution in [2.75, 3.05) is 40.8 Å². The lowest BCUT2D eigenvalue weighted by Crippen LogP contribution is -2.62. The Morgan fingerprint density at radius 2 is 1.88 bits per heavy atom. The molecule has 10 heteroatoms. The van der Waals surface area contributed by atoms with E-state index >= 15 is 8.78 Å². The predicted molar refractivity (Wildman–Crippen MR) is 154 cm³/mol. The average molecular weight is 550 g/mol. The topological polar surface area (TPSA) is 62.1 Å². The van der Waals surface area contributed by atoms with Gasteiger partial charge in [0.15, 0.2) is 12.0 Å². The summed E-state index contributed by atoms with van der Waals surface area (Å²) in [6.45, 7) is 10.2. The van der Waals surface area contributed by atoms with Gasteiger partial charge in [-0.15, -0.1) is 0 Å².